The molecule has 1 aromatic heterocycles. The molecule has 0 radical (unpaired) electrons. The number of halogens is 2. The van der Waals surface area contributed by atoms with E-state index in [2.05, 4.69) is 4.98 Å². The summed E-state index contributed by atoms with van der Waals surface area (Å²) in [5.74, 6) is 0.155. The van der Waals surface area contributed by atoms with Crippen LogP contribution in [-0.4, -0.2) is 16.1 Å². The zero-order valence-corrected chi connectivity index (χ0v) is 15.5. The summed E-state index contributed by atoms with van der Waals surface area (Å²) in [6.45, 7) is 3.62. The molecule has 2 aromatic carbocycles. The van der Waals surface area contributed by atoms with Crippen molar-refractivity contribution in [2.24, 2.45) is 0 Å². The maximum Gasteiger partial charge on any atom is 0.349 e. The summed E-state index contributed by atoms with van der Waals surface area (Å²) in [4.78, 5) is 16.1. The van der Waals surface area contributed by atoms with E-state index >= 15 is 0 Å². The molecule has 26 heavy (non-hydrogen) atoms. The van der Waals surface area contributed by atoms with Crippen LogP contribution in [-0.2, 0) is 4.79 Å². The lowest BCUT2D eigenvalue weighted by atomic mass is 10.1. The number of hydrogen-bond acceptors (Lipinski definition) is 4. The fourth-order valence-corrected chi connectivity index (χ4v) is 2.68. The maximum absolute atomic E-state index is 11.7. The number of aromatic nitrogens is 1. The van der Waals surface area contributed by atoms with Gasteiger partial charge in [0.2, 0.25) is 12.0 Å². The molecule has 1 heterocycles. The van der Waals surface area contributed by atoms with E-state index in [0.717, 1.165) is 5.69 Å². The molecule has 0 bridgehead atoms. The van der Waals surface area contributed by atoms with Gasteiger partial charge in [-0.05, 0) is 44.2 Å². The number of rotatable bonds is 5. The largest absolute Gasteiger partial charge is 0.478 e. The van der Waals surface area contributed by atoms with Crippen LogP contribution in [0.1, 0.15) is 23.1 Å². The number of carbonyl (C=O) groups is 1. The van der Waals surface area contributed by atoms with E-state index in [1.54, 1.807) is 49.4 Å². The first kappa shape index (κ1) is 18.3. The zero-order valence-electron chi connectivity index (χ0n) is 14.0. The average Bonchev–Trinajstić information content (AvgIpc) is 2.93. The van der Waals surface area contributed by atoms with Gasteiger partial charge in [-0.25, -0.2) is 9.78 Å². The zero-order chi connectivity index (χ0) is 18.8. The van der Waals surface area contributed by atoms with Crippen molar-refractivity contribution in [3.8, 4) is 17.2 Å². The van der Waals surface area contributed by atoms with E-state index in [0.29, 0.717) is 38.6 Å². The Morgan fingerprint density at radius 2 is 1.77 bits per heavy atom. The molecule has 1 atom stereocenters. The highest BCUT2D eigenvalue weighted by atomic mass is 35.5. The number of hydrogen-bond donors (Lipinski definition) is 1. The van der Waals surface area contributed by atoms with Crippen molar-refractivity contribution in [2.45, 2.75) is 20.0 Å². The fraction of sp³-hybridized carbons (Fsp3) is 0.158. The highest BCUT2D eigenvalue weighted by Gasteiger charge is 2.24. The Hall–Kier alpha value is -2.50. The number of nitrogens with zero attached hydrogens (tertiary/aromatic N) is 1. The van der Waals surface area contributed by atoms with Crippen molar-refractivity contribution in [3.05, 3.63) is 69.5 Å². The van der Waals surface area contributed by atoms with Gasteiger partial charge in [0, 0.05) is 15.6 Å². The molecule has 1 unspecified atom stereocenters. The van der Waals surface area contributed by atoms with Gasteiger partial charge in [0.05, 0.1) is 11.3 Å². The van der Waals surface area contributed by atoms with Crippen molar-refractivity contribution in [3.63, 3.8) is 0 Å². The van der Waals surface area contributed by atoms with E-state index < -0.39 is 12.1 Å². The molecule has 5 nitrogen and oxygen atoms in total. The van der Waals surface area contributed by atoms with Gasteiger partial charge in [-0.15, -0.1) is 0 Å². The molecular weight excluding hydrogens is 377 g/mol. The normalized spacial score (nSPS) is 12.0. The van der Waals surface area contributed by atoms with Crippen LogP contribution >= 0.6 is 23.2 Å². The molecule has 3 aromatic rings. The Kier molecular flexibility index (Phi) is 5.20. The van der Waals surface area contributed by atoms with E-state index in [1.807, 2.05) is 6.92 Å². The van der Waals surface area contributed by atoms with Gasteiger partial charge < -0.3 is 14.3 Å². The van der Waals surface area contributed by atoms with Gasteiger partial charge in [-0.3, -0.25) is 0 Å². The predicted octanol–water partition coefficient (Wildman–Crippen LogP) is 5.47. The summed E-state index contributed by atoms with van der Waals surface area (Å²) in [7, 11) is 0. The summed E-state index contributed by atoms with van der Waals surface area (Å²) in [5, 5.41) is 10.6. The van der Waals surface area contributed by atoms with Crippen LogP contribution in [0.5, 0.6) is 5.75 Å². The molecule has 0 amide bonds. The lowest BCUT2D eigenvalue weighted by Gasteiger charge is -2.17. The molecule has 0 aliphatic carbocycles. The van der Waals surface area contributed by atoms with Crippen LogP contribution in [0.15, 0.2) is 46.9 Å². The Bertz CT molecular complexity index is 931. The van der Waals surface area contributed by atoms with Crippen LogP contribution in [0.3, 0.4) is 0 Å². The third kappa shape index (κ3) is 3.84. The summed E-state index contributed by atoms with van der Waals surface area (Å²) in [5.41, 5.74) is 1.68. The number of carboxylic acid groups (broad SMARTS) is 1. The molecule has 0 aliphatic rings. The fourth-order valence-electron chi connectivity index (χ4n) is 2.39. The first-order chi connectivity index (χ1) is 12.3. The monoisotopic (exact) mass is 391 g/mol. The molecule has 0 saturated heterocycles. The Morgan fingerprint density at radius 3 is 2.35 bits per heavy atom. The first-order valence-corrected chi connectivity index (χ1v) is 8.49. The molecule has 0 fully saturated rings. The van der Waals surface area contributed by atoms with Gasteiger partial charge in [0.25, 0.3) is 0 Å². The molecule has 0 saturated carbocycles. The number of oxazole rings is 1. The second kappa shape index (κ2) is 7.40. The standard InChI is InChI=1S/C19H15Cl2NO4/c1-10-11(2)25-18(22-10)15-9-14(21)7-8-16(15)26-17(19(23)24)12-3-5-13(20)6-4-12/h3-9,17H,1-2H3,(H,23,24). The second-order valence-corrected chi connectivity index (χ2v) is 6.56. The number of ether oxygens (including phenoxy) is 1. The van der Waals surface area contributed by atoms with Crippen molar-refractivity contribution in [1.29, 1.82) is 0 Å². The Morgan fingerprint density at radius 1 is 1.12 bits per heavy atom. The number of benzene rings is 2. The highest BCUT2D eigenvalue weighted by molar-refractivity contribution is 6.31. The van der Waals surface area contributed by atoms with Gasteiger partial charge in [-0.2, -0.15) is 0 Å². The van der Waals surface area contributed by atoms with E-state index in [1.165, 1.54) is 0 Å². The molecule has 7 heteroatoms. The highest BCUT2D eigenvalue weighted by Crippen LogP contribution is 2.36. The number of carboxylic acids is 1. The number of aryl methyl sites for hydroxylation is 2. The lowest BCUT2D eigenvalue weighted by molar-refractivity contribution is -0.145. The minimum Gasteiger partial charge on any atom is -0.478 e. The van der Waals surface area contributed by atoms with Crippen molar-refractivity contribution in [2.75, 3.05) is 0 Å². The molecular formula is C19H15Cl2NO4. The van der Waals surface area contributed by atoms with Gasteiger partial charge in [-0.1, -0.05) is 35.3 Å². The second-order valence-electron chi connectivity index (χ2n) is 5.69. The van der Waals surface area contributed by atoms with Crippen LogP contribution in [0.4, 0.5) is 0 Å². The molecule has 3 rings (SSSR count). The predicted molar refractivity (Wildman–Crippen MR) is 98.9 cm³/mol. The Labute approximate surface area is 160 Å². The number of aliphatic carboxylic acids is 1. The maximum atomic E-state index is 11.7. The molecule has 0 aliphatic heterocycles. The summed E-state index contributed by atoms with van der Waals surface area (Å²) in [6, 6.07) is 11.3. The third-order valence-corrected chi connectivity index (χ3v) is 4.33. The van der Waals surface area contributed by atoms with Crippen LogP contribution in [0.25, 0.3) is 11.5 Å². The average molecular weight is 392 g/mol. The van der Waals surface area contributed by atoms with Gasteiger partial charge >= 0.3 is 5.97 Å². The van der Waals surface area contributed by atoms with Crippen molar-refractivity contribution < 1.29 is 19.1 Å². The van der Waals surface area contributed by atoms with Gasteiger partial charge in [0.15, 0.2) is 0 Å². The van der Waals surface area contributed by atoms with Crippen molar-refractivity contribution in [1.82, 2.24) is 4.98 Å². The van der Waals surface area contributed by atoms with Crippen LogP contribution in [0, 0.1) is 13.8 Å². The van der Waals surface area contributed by atoms with Crippen LogP contribution in [0.2, 0.25) is 10.0 Å². The quantitative estimate of drug-likeness (QED) is 0.623. The van der Waals surface area contributed by atoms with Crippen LogP contribution < -0.4 is 4.74 Å². The molecule has 134 valence electrons. The smallest absolute Gasteiger partial charge is 0.349 e. The topological polar surface area (TPSA) is 72.6 Å². The molecule has 1 N–H and O–H groups in total. The Balaban J connectivity index is 2.02. The lowest BCUT2D eigenvalue weighted by Crippen LogP contribution is -2.18. The van der Waals surface area contributed by atoms with Gasteiger partial charge in [0.1, 0.15) is 11.5 Å². The molecule has 0 spiro atoms. The SMILES string of the molecule is Cc1nc(-c2cc(Cl)ccc2OC(C(=O)O)c2ccc(Cl)cc2)oc1C. The first-order valence-electron chi connectivity index (χ1n) is 7.74. The third-order valence-electron chi connectivity index (χ3n) is 3.84. The summed E-state index contributed by atoms with van der Waals surface area (Å²) in [6.07, 6.45) is -1.22. The van der Waals surface area contributed by atoms with E-state index in [4.69, 9.17) is 32.4 Å². The minimum absolute atomic E-state index is 0.304. The summed E-state index contributed by atoms with van der Waals surface area (Å²) >= 11 is 12.0. The minimum atomic E-state index is -1.22. The summed E-state index contributed by atoms with van der Waals surface area (Å²) < 4.78 is 11.4. The van der Waals surface area contributed by atoms with E-state index in [9.17, 15) is 9.90 Å². The van der Waals surface area contributed by atoms with E-state index in [-0.39, 0.29) is 0 Å². The van der Waals surface area contributed by atoms with Crippen molar-refractivity contribution >= 4 is 29.2 Å².